The van der Waals surface area contributed by atoms with Gasteiger partial charge in [-0.25, -0.2) is 9.97 Å². The van der Waals surface area contributed by atoms with Crippen molar-refractivity contribution >= 4 is 15.9 Å². The van der Waals surface area contributed by atoms with Gasteiger partial charge in [-0.2, -0.15) is 5.10 Å². The van der Waals surface area contributed by atoms with Gasteiger partial charge in [-0.3, -0.25) is 4.68 Å². The fourth-order valence-electron chi connectivity index (χ4n) is 1.95. The van der Waals surface area contributed by atoms with Crippen LogP contribution in [0, 0.1) is 6.92 Å². The van der Waals surface area contributed by atoms with Crippen molar-refractivity contribution in [3.05, 3.63) is 40.1 Å². The average Bonchev–Trinajstić information content (AvgIpc) is 2.81. The second kappa shape index (κ2) is 6.92. The summed E-state index contributed by atoms with van der Waals surface area (Å²) in [6, 6.07) is -0.121. The lowest BCUT2D eigenvalue weighted by Crippen LogP contribution is -2.24. The van der Waals surface area contributed by atoms with Crippen molar-refractivity contribution in [1.82, 2.24) is 25.1 Å². The van der Waals surface area contributed by atoms with Crippen LogP contribution in [0.1, 0.15) is 23.1 Å². The molecule has 0 fully saturated rings. The van der Waals surface area contributed by atoms with Crippen LogP contribution in [0.2, 0.25) is 0 Å². The van der Waals surface area contributed by atoms with Gasteiger partial charge in [0, 0.05) is 19.5 Å². The molecule has 0 bridgehead atoms. The summed E-state index contributed by atoms with van der Waals surface area (Å²) in [5.41, 5.74) is 2.03. The first-order valence-electron chi connectivity index (χ1n) is 6.33. The summed E-state index contributed by atoms with van der Waals surface area (Å²) in [5, 5.41) is 7.60. The van der Waals surface area contributed by atoms with Crippen molar-refractivity contribution in [2.75, 3.05) is 20.8 Å². The fraction of sp³-hybridized carbons (Fsp3) is 0.462. The van der Waals surface area contributed by atoms with E-state index in [1.807, 2.05) is 31.0 Å². The molecule has 0 aliphatic carbocycles. The maximum absolute atomic E-state index is 5.12. The SMILES string of the molecule is CNC(c1ncc(C)cn1)c1c(Br)cnn1CCOC. The zero-order valence-corrected chi connectivity index (χ0v) is 13.4. The van der Waals surface area contributed by atoms with Gasteiger partial charge in [0.2, 0.25) is 0 Å². The van der Waals surface area contributed by atoms with E-state index in [9.17, 15) is 0 Å². The standard InChI is InChI=1S/C13H18BrN5O/c1-9-6-16-13(17-7-9)11(15-2)12-10(14)8-18-19(12)4-5-20-3/h6-8,11,15H,4-5H2,1-3H3. The Kier molecular flexibility index (Phi) is 5.22. The third-order valence-electron chi connectivity index (χ3n) is 2.96. The first-order chi connectivity index (χ1) is 9.67. The van der Waals surface area contributed by atoms with E-state index in [1.165, 1.54) is 0 Å². The molecular formula is C13H18BrN5O. The molecule has 0 aliphatic rings. The van der Waals surface area contributed by atoms with E-state index in [0.717, 1.165) is 21.6 Å². The zero-order chi connectivity index (χ0) is 14.5. The number of nitrogens with one attached hydrogen (secondary N) is 1. The Morgan fingerprint density at radius 2 is 2.05 bits per heavy atom. The highest BCUT2D eigenvalue weighted by molar-refractivity contribution is 9.10. The highest BCUT2D eigenvalue weighted by Gasteiger charge is 2.22. The van der Waals surface area contributed by atoms with Crippen LogP contribution in [0.3, 0.4) is 0 Å². The molecule has 2 aromatic rings. The minimum Gasteiger partial charge on any atom is -0.383 e. The number of ether oxygens (including phenoxy) is 1. The summed E-state index contributed by atoms with van der Waals surface area (Å²) < 4.78 is 7.95. The van der Waals surface area contributed by atoms with Gasteiger partial charge in [0.1, 0.15) is 6.04 Å². The second-order valence-electron chi connectivity index (χ2n) is 4.43. The molecule has 1 N–H and O–H groups in total. The molecule has 0 spiro atoms. The van der Waals surface area contributed by atoms with Crippen molar-refractivity contribution < 1.29 is 4.74 Å². The molecule has 20 heavy (non-hydrogen) atoms. The Morgan fingerprint density at radius 1 is 1.35 bits per heavy atom. The summed E-state index contributed by atoms with van der Waals surface area (Å²) in [6.45, 7) is 3.25. The molecule has 108 valence electrons. The van der Waals surface area contributed by atoms with E-state index in [0.29, 0.717) is 13.2 Å². The molecule has 0 amide bonds. The molecule has 7 heteroatoms. The van der Waals surface area contributed by atoms with E-state index in [2.05, 4.69) is 36.3 Å². The van der Waals surface area contributed by atoms with E-state index in [-0.39, 0.29) is 6.04 Å². The molecule has 0 aromatic carbocycles. The topological polar surface area (TPSA) is 64.9 Å². The number of hydrogen-bond acceptors (Lipinski definition) is 5. The molecule has 0 aliphatic heterocycles. The van der Waals surface area contributed by atoms with Crippen LogP contribution in [0.5, 0.6) is 0 Å². The smallest absolute Gasteiger partial charge is 0.151 e. The van der Waals surface area contributed by atoms with Gasteiger partial charge in [-0.15, -0.1) is 0 Å². The number of methoxy groups -OCH3 is 1. The van der Waals surface area contributed by atoms with Crippen molar-refractivity contribution in [2.24, 2.45) is 0 Å². The van der Waals surface area contributed by atoms with Crippen LogP contribution >= 0.6 is 15.9 Å². The maximum Gasteiger partial charge on any atom is 0.151 e. The van der Waals surface area contributed by atoms with Crippen molar-refractivity contribution in [3.8, 4) is 0 Å². The zero-order valence-electron chi connectivity index (χ0n) is 11.8. The minimum atomic E-state index is -0.121. The summed E-state index contributed by atoms with van der Waals surface area (Å²) in [4.78, 5) is 8.80. The molecule has 1 atom stereocenters. The number of hydrogen-bond donors (Lipinski definition) is 1. The van der Waals surface area contributed by atoms with Gasteiger partial charge in [-0.1, -0.05) is 0 Å². The van der Waals surface area contributed by atoms with Crippen LogP contribution in [-0.4, -0.2) is 40.5 Å². The van der Waals surface area contributed by atoms with E-state index in [1.54, 1.807) is 13.3 Å². The van der Waals surface area contributed by atoms with Crippen molar-refractivity contribution in [1.29, 1.82) is 0 Å². The molecule has 2 heterocycles. The Labute approximate surface area is 126 Å². The van der Waals surface area contributed by atoms with E-state index in [4.69, 9.17) is 4.74 Å². The normalized spacial score (nSPS) is 12.6. The highest BCUT2D eigenvalue weighted by Crippen LogP contribution is 2.26. The lowest BCUT2D eigenvalue weighted by Gasteiger charge is -2.17. The van der Waals surface area contributed by atoms with Crippen LogP contribution < -0.4 is 5.32 Å². The molecule has 2 aromatic heterocycles. The van der Waals surface area contributed by atoms with Crippen LogP contribution in [0.4, 0.5) is 0 Å². The Balaban J connectivity index is 2.35. The Bertz CT molecular complexity index is 554. The van der Waals surface area contributed by atoms with Crippen LogP contribution in [0.15, 0.2) is 23.1 Å². The van der Waals surface area contributed by atoms with Gasteiger partial charge in [0.25, 0.3) is 0 Å². The first kappa shape index (κ1) is 15.1. The second-order valence-corrected chi connectivity index (χ2v) is 5.29. The van der Waals surface area contributed by atoms with Crippen LogP contribution in [-0.2, 0) is 11.3 Å². The fourth-order valence-corrected chi connectivity index (χ4v) is 2.48. The molecular weight excluding hydrogens is 322 g/mol. The predicted molar refractivity (Wildman–Crippen MR) is 79.5 cm³/mol. The van der Waals surface area contributed by atoms with Gasteiger partial charge in [0.15, 0.2) is 5.82 Å². The third-order valence-corrected chi connectivity index (χ3v) is 3.57. The minimum absolute atomic E-state index is 0.121. The number of halogens is 1. The molecule has 6 nitrogen and oxygen atoms in total. The van der Waals surface area contributed by atoms with Crippen molar-refractivity contribution in [3.63, 3.8) is 0 Å². The lowest BCUT2D eigenvalue weighted by atomic mass is 10.2. The number of aryl methyl sites for hydroxylation is 1. The Morgan fingerprint density at radius 3 is 2.65 bits per heavy atom. The largest absolute Gasteiger partial charge is 0.383 e. The van der Waals surface area contributed by atoms with Gasteiger partial charge >= 0.3 is 0 Å². The first-order valence-corrected chi connectivity index (χ1v) is 7.12. The summed E-state index contributed by atoms with van der Waals surface area (Å²) in [5.74, 6) is 0.720. The number of aromatic nitrogens is 4. The van der Waals surface area contributed by atoms with Gasteiger partial charge in [-0.05, 0) is 35.5 Å². The summed E-state index contributed by atoms with van der Waals surface area (Å²) in [7, 11) is 3.56. The number of rotatable bonds is 6. The molecule has 0 saturated heterocycles. The molecule has 1 unspecified atom stereocenters. The molecule has 2 rings (SSSR count). The van der Waals surface area contributed by atoms with E-state index < -0.39 is 0 Å². The summed E-state index contributed by atoms with van der Waals surface area (Å²) in [6.07, 6.45) is 5.41. The quantitative estimate of drug-likeness (QED) is 0.867. The van der Waals surface area contributed by atoms with Gasteiger partial charge < -0.3 is 10.1 Å². The highest BCUT2D eigenvalue weighted by atomic mass is 79.9. The molecule has 0 saturated carbocycles. The predicted octanol–water partition coefficient (Wildman–Crippen LogP) is 1.70. The molecule has 0 radical (unpaired) electrons. The van der Waals surface area contributed by atoms with Crippen molar-refractivity contribution in [2.45, 2.75) is 19.5 Å². The van der Waals surface area contributed by atoms with E-state index >= 15 is 0 Å². The average molecular weight is 340 g/mol. The number of nitrogens with zero attached hydrogens (tertiary/aromatic N) is 4. The monoisotopic (exact) mass is 339 g/mol. The third kappa shape index (κ3) is 3.23. The van der Waals surface area contributed by atoms with Gasteiger partial charge in [0.05, 0.1) is 29.5 Å². The lowest BCUT2D eigenvalue weighted by molar-refractivity contribution is 0.182. The Hall–Kier alpha value is -1.31. The van der Waals surface area contributed by atoms with Crippen LogP contribution in [0.25, 0.3) is 0 Å². The summed E-state index contributed by atoms with van der Waals surface area (Å²) >= 11 is 3.54. The maximum atomic E-state index is 5.12.